The van der Waals surface area contributed by atoms with Crippen LogP contribution in [-0.2, 0) is 0 Å². The molecule has 0 N–H and O–H groups in total. The van der Waals surface area contributed by atoms with E-state index in [0.717, 1.165) is 4.90 Å². The summed E-state index contributed by atoms with van der Waals surface area (Å²) in [5.41, 5.74) is 0.408. The Morgan fingerprint density at radius 1 is 1.40 bits per heavy atom. The van der Waals surface area contributed by atoms with E-state index in [-0.39, 0.29) is 0 Å². The predicted octanol–water partition coefficient (Wildman–Crippen LogP) is 3.94. The summed E-state index contributed by atoms with van der Waals surface area (Å²) < 4.78 is 0. The van der Waals surface area contributed by atoms with Crippen LogP contribution >= 0.6 is 34.8 Å². The zero-order valence-electron chi connectivity index (χ0n) is 7.75. The summed E-state index contributed by atoms with van der Waals surface area (Å²) in [7, 11) is 1.48. The van der Waals surface area contributed by atoms with Gasteiger partial charge >= 0.3 is 5.37 Å². The summed E-state index contributed by atoms with van der Waals surface area (Å²) >= 11 is 16.9. The van der Waals surface area contributed by atoms with Gasteiger partial charge in [0, 0.05) is 7.05 Å². The maximum atomic E-state index is 10.7. The van der Waals surface area contributed by atoms with Crippen LogP contribution in [0.2, 0.25) is 10.0 Å². The van der Waals surface area contributed by atoms with Crippen LogP contribution in [0.15, 0.2) is 23.2 Å². The predicted molar refractivity (Wildman–Crippen MR) is 63.6 cm³/mol. The van der Waals surface area contributed by atoms with Gasteiger partial charge in [-0.1, -0.05) is 29.3 Å². The number of nitrogens with zero attached hydrogens (tertiary/aromatic N) is 2. The summed E-state index contributed by atoms with van der Waals surface area (Å²) in [6, 6.07) is 5.02. The van der Waals surface area contributed by atoms with E-state index in [2.05, 4.69) is 4.99 Å². The summed E-state index contributed by atoms with van der Waals surface area (Å²) in [4.78, 5) is 15.7. The van der Waals surface area contributed by atoms with Gasteiger partial charge in [-0.25, -0.2) is 4.99 Å². The molecule has 1 aromatic rings. The van der Waals surface area contributed by atoms with Crippen LogP contribution in [-0.4, -0.2) is 23.7 Å². The molecule has 0 spiro atoms. The largest absolute Gasteiger partial charge is 0.321 e. The Morgan fingerprint density at radius 2 is 1.93 bits per heavy atom. The molecule has 0 aromatic heterocycles. The molecular formula is C9H7Cl3N2O. The lowest BCUT2D eigenvalue weighted by atomic mass is 10.3. The molecule has 0 aliphatic rings. The Labute approximate surface area is 102 Å². The Morgan fingerprint density at radius 3 is 2.40 bits per heavy atom. The second-order valence-corrected chi connectivity index (χ2v) is 3.82. The van der Waals surface area contributed by atoms with Crippen LogP contribution in [0.3, 0.4) is 0 Å². The number of carbonyl (C=O) groups is 1. The van der Waals surface area contributed by atoms with Crippen molar-refractivity contribution in [2.45, 2.75) is 0 Å². The van der Waals surface area contributed by atoms with Crippen molar-refractivity contribution < 1.29 is 4.79 Å². The smallest absolute Gasteiger partial charge is 0.292 e. The van der Waals surface area contributed by atoms with Crippen molar-refractivity contribution in [2.75, 3.05) is 7.05 Å². The van der Waals surface area contributed by atoms with E-state index >= 15 is 0 Å². The molecule has 80 valence electrons. The zero-order chi connectivity index (χ0) is 11.4. The Hall–Kier alpha value is -0.770. The topological polar surface area (TPSA) is 32.7 Å². The van der Waals surface area contributed by atoms with E-state index in [1.165, 1.54) is 13.4 Å². The fourth-order valence-electron chi connectivity index (χ4n) is 0.802. The van der Waals surface area contributed by atoms with Crippen LogP contribution in [0.4, 0.5) is 10.5 Å². The van der Waals surface area contributed by atoms with Crippen molar-refractivity contribution in [2.24, 2.45) is 4.99 Å². The van der Waals surface area contributed by atoms with Crippen LogP contribution in [0.1, 0.15) is 0 Å². The molecule has 0 saturated heterocycles. The van der Waals surface area contributed by atoms with Crippen molar-refractivity contribution in [3.63, 3.8) is 0 Å². The van der Waals surface area contributed by atoms with E-state index < -0.39 is 5.37 Å². The highest BCUT2D eigenvalue weighted by molar-refractivity contribution is 6.63. The minimum atomic E-state index is -0.637. The van der Waals surface area contributed by atoms with Crippen molar-refractivity contribution in [3.8, 4) is 0 Å². The van der Waals surface area contributed by atoms with E-state index in [0.29, 0.717) is 15.7 Å². The van der Waals surface area contributed by atoms with Gasteiger partial charge in [0.1, 0.15) is 5.69 Å². The van der Waals surface area contributed by atoms with Gasteiger partial charge in [0.15, 0.2) is 0 Å². The fraction of sp³-hybridized carbons (Fsp3) is 0.111. The molecule has 0 heterocycles. The number of carbonyl (C=O) groups excluding carboxylic acids is 1. The molecule has 6 heteroatoms. The number of hydrogen-bond acceptors (Lipinski definition) is 2. The maximum Gasteiger partial charge on any atom is 0.321 e. The minimum absolute atomic E-state index is 0.408. The van der Waals surface area contributed by atoms with Crippen molar-refractivity contribution in [1.29, 1.82) is 0 Å². The van der Waals surface area contributed by atoms with Gasteiger partial charge in [-0.15, -0.1) is 0 Å². The van der Waals surface area contributed by atoms with Gasteiger partial charge in [0.2, 0.25) is 0 Å². The number of hydrogen-bond donors (Lipinski definition) is 0. The Kier molecular flexibility index (Phi) is 4.39. The van der Waals surface area contributed by atoms with Crippen molar-refractivity contribution >= 4 is 52.2 Å². The molecule has 0 fully saturated rings. The summed E-state index contributed by atoms with van der Waals surface area (Å²) in [5.74, 6) is 0. The average molecular weight is 266 g/mol. The molecule has 0 bridgehead atoms. The SMILES string of the molecule is CN(C=Nc1c(Cl)cccc1Cl)C(=O)Cl. The first-order chi connectivity index (χ1) is 7.02. The van der Waals surface area contributed by atoms with E-state index in [9.17, 15) is 4.79 Å². The standard InChI is InChI=1S/C9H7Cl3N2O/c1-14(9(12)15)5-13-8-6(10)3-2-4-7(8)11/h2-5H,1H3. The molecule has 15 heavy (non-hydrogen) atoms. The molecule has 0 unspecified atom stereocenters. The third-order valence-corrected chi connectivity index (χ3v) is 2.45. The zero-order valence-corrected chi connectivity index (χ0v) is 10.0. The molecule has 0 radical (unpaired) electrons. The number of amides is 1. The quantitative estimate of drug-likeness (QED) is 0.345. The van der Waals surface area contributed by atoms with Gasteiger partial charge < -0.3 is 0 Å². The fourth-order valence-corrected chi connectivity index (χ4v) is 1.34. The van der Waals surface area contributed by atoms with E-state index in [4.69, 9.17) is 34.8 Å². The molecule has 0 atom stereocenters. The lowest BCUT2D eigenvalue weighted by Gasteiger charge is -2.05. The molecule has 0 aliphatic carbocycles. The monoisotopic (exact) mass is 264 g/mol. The van der Waals surface area contributed by atoms with Gasteiger partial charge in [-0.05, 0) is 23.7 Å². The van der Waals surface area contributed by atoms with Crippen LogP contribution in [0, 0.1) is 0 Å². The lowest BCUT2D eigenvalue weighted by Crippen LogP contribution is -2.18. The Balaban J connectivity index is 2.94. The van der Waals surface area contributed by atoms with E-state index in [1.54, 1.807) is 18.2 Å². The highest BCUT2D eigenvalue weighted by Crippen LogP contribution is 2.32. The molecule has 1 aromatic carbocycles. The third-order valence-electron chi connectivity index (χ3n) is 1.57. The van der Waals surface area contributed by atoms with Gasteiger partial charge in [0.05, 0.1) is 16.4 Å². The molecule has 1 rings (SSSR count). The van der Waals surface area contributed by atoms with E-state index in [1.807, 2.05) is 0 Å². The van der Waals surface area contributed by atoms with Crippen molar-refractivity contribution in [3.05, 3.63) is 28.2 Å². The first kappa shape index (κ1) is 12.3. The molecule has 0 saturated carbocycles. The third kappa shape index (κ3) is 3.38. The minimum Gasteiger partial charge on any atom is -0.292 e. The highest BCUT2D eigenvalue weighted by Gasteiger charge is 2.04. The second-order valence-electron chi connectivity index (χ2n) is 2.68. The lowest BCUT2D eigenvalue weighted by molar-refractivity contribution is 0.248. The summed E-state index contributed by atoms with van der Waals surface area (Å²) in [5, 5.41) is 0.185. The number of aliphatic imine (C=N–C) groups is 1. The first-order valence-electron chi connectivity index (χ1n) is 3.93. The number of benzene rings is 1. The van der Waals surface area contributed by atoms with Crippen molar-refractivity contribution in [1.82, 2.24) is 4.90 Å². The van der Waals surface area contributed by atoms with Crippen LogP contribution < -0.4 is 0 Å². The van der Waals surface area contributed by atoms with Gasteiger partial charge in [-0.2, -0.15) is 0 Å². The molecule has 3 nitrogen and oxygen atoms in total. The summed E-state index contributed by atoms with van der Waals surface area (Å²) in [6.07, 6.45) is 1.25. The molecular weight excluding hydrogens is 258 g/mol. The highest BCUT2D eigenvalue weighted by atomic mass is 35.5. The first-order valence-corrected chi connectivity index (χ1v) is 5.06. The van der Waals surface area contributed by atoms with Crippen LogP contribution in [0.5, 0.6) is 0 Å². The number of rotatable bonds is 2. The molecule has 0 aliphatic heterocycles. The van der Waals surface area contributed by atoms with Gasteiger partial charge in [0.25, 0.3) is 0 Å². The summed E-state index contributed by atoms with van der Waals surface area (Å²) in [6.45, 7) is 0. The Bertz CT molecular complexity index is 386. The van der Waals surface area contributed by atoms with Gasteiger partial charge in [-0.3, -0.25) is 9.69 Å². The molecule has 1 amide bonds. The van der Waals surface area contributed by atoms with Crippen LogP contribution in [0.25, 0.3) is 0 Å². The number of para-hydroxylation sites is 1. The number of halogens is 3. The maximum absolute atomic E-state index is 10.7. The average Bonchev–Trinajstić information content (AvgIpc) is 2.16. The second kappa shape index (κ2) is 5.35. The normalized spacial score (nSPS) is 10.7.